The fraction of sp³-hybridized carbons (Fsp3) is 0.368. The Balaban J connectivity index is 1.66. The highest BCUT2D eigenvalue weighted by Gasteiger charge is 2.18. The van der Waals surface area contributed by atoms with E-state index in [2.05, 4.69) is 22.4 Å². The summed E-state index contributed by atoms with van der Waals surface area (Å²) >= 11 is 7.22. The molecule has 1 saturated heterocycles. The molecule has 1 aliphatic rings. The van der Waals surface area contributed by atoms with Gasteiger partial charge >= 0.3 is 5.63 Å². The molecule has 0 saturated carbocycles. The van der Waals surface area contributed by atoms with Crippen LogP contribution in [0, 0.1) is 6.92 Å². The summed E-state index contributed by atoms with van der Waals surface area (Å²) < 4.78 is 6.19. The van der Waals surface area contributed by atoms with E-state index in [-0.39, 0.29) is 5.63 Å². The van der Waals surface area contributed by atoms with Crippen molar-refractivity contribution < 1.29 is 4.42 Å². The number of thioether (sulfide) groups is 1. The highest BCUT2D eigenvalue weighted by Crippen LogP contribution is 2.24. The van der Waals surface area contributed by atoms with Gasteiger partial charge in [0, 0.05) is 49.9 Å². The molecule has 6 heteroatoms. The van der Waals surface area contributed by atoms with E-state index in [0.29, 0.717) is 11.3 Å². The average Bonchev–Trinajstić information content (AvgIpc) is 2.60. The Kier molecular flexibility index (Phi) is 5.93. The second kappa shape index (κ2) is 8.17. The molecule has 3 rings (SSSR count). The van der Waals surface area contributed by atoms with Gasteiger partial charge in [0.05, 0.1) is 0 Å². The van der Waals surface area contributed by atoms with Crippen LogP contribution in [0.4, 0.5) is 0 Å². The second-order valence-corrected chi connectivity index (χ2v) is 7.83. The minimum atomic E-state index is -0.309. The number of piperazine rings is 1. The van der Waals surface area contributed by atoms with E-state index in [4.69, 9.17) is 16.6 Å². The van der Waals surface area contributed by atoms with Gasteiger partial charge in [0.1, 0.15) is 9.90 Å². The van der Waals surface area contributed by atoms with Gasteiger partial charge in [0.15, 0.2) is 0 Å². The van der Waals surface area contributed by atoms with Crippen LogP contribution in [-0.4, -0.2) is 46.8 Å². The summed E-state index contributed by atoms with van der Waals surface area (Å²) in [6, 6.07) is 7.46. The number of rotatable bonds is 4. The van der Waals surface area contributed by atoms with Crippen LogP contribution in [0.15, 0.2) is 46.1 Å². The molecule has 0 aliphatic carbocycles. The number of hydrogen-bond donors (Lipinski definition) is 0. The van der Waals surface area contributed by atoms with Crippen molar-refractivity contribution in [1.29, 1.82) is 0 Å². The predicted molar refractivity (Wildman–Crippen MR) is 109 cm³/mol. The van der Waals surface area contributed by atoms with Gasteiger partial charge in [-0.15, -0.1) is 6.58 Å². The fourth-order valence-corrected chi connectivity index (χ4v) is 4.23. The standard InChI is InChI=1S/C19H22N2O2S2/c1-3-6-20-7-9-21(10-8-20)19(24)25-13-15-12-18(22)23-17-5-4-14(2)11-16(15)17/h3-5,11-12H,1,6-10,13H2,2H3. The van der Waals surface area contributed by atoms with Crippen molar-refractivity contribution in [2.45, 2.75) is 12.7 Å². The van der Waals surface area contributed by atoms with Crippen molar-refractivity contribution in [3.05, 3.63) is 58.5 Å². The molecule has 0 spiro atoms. The monoisotopic (exact) mass is 374 g/mol. The lowest BCUT2D eigenvalue weighted by Crippen LogP contribution is -2.47. The maximum atomic E-state index is 11.8. The van der Waals surface area contributed by atoms with Crippen LogP contribution in [0.5, 0.6) is 0 Å². The summed E-state index contributed by atoms with van der Waals surface area (Å²) in [4.78, 5) is 16.4. The van der Waals surface area contributed by atoms with Gasteiger partial charge in [-0.2, -0.15) is 0 Å². The SMILES string of the molecule is C=CCN1CCN(C(=S)SCc2cc(=O)oc3ccc(C)cc23)CC1. The quantitative estimate of drug-likeness (QED) is 0.464. The van der Waals surface area contributed by atoms with E-state index in [1.54, 1.807) is 17.8 Å². The van der Waals surface area contributed by atoms with E-state index in [0.717, 1.165) is 53.6 Å². The number of thiocarbonyl (C=S) groups is 1. The lowest BCUT2D eigenvalue weighted by Gasteiger charge is -2.35. The molecule has 4 nitrogen and oxygen atoms in total. The number of benzene rings is 1. The Morgan fingerprint density at radius 2 is 2.08 bits per heavy atom. The maximum absolute atomic E-state index is 11.8. The van der Waals surface area contributed by atoms with Gasteiger partial charge in [-0.25, -0.2) is 4.79 Å². The minimum absolute atomic E-state index is 0.309. The zero-order valence-electron chi connectivity index (χ0n) is 14.4. The zero-order valence-corrected chi connectivity index (χ0v) is 16.0. The first-order chi connectivity index (χ1) is 12.1. The molecule has 1 fully saturated rings. The van der Waals surface area contributed by atoms with Crippen LogP contribution < -0.4 is 5.63 Å². The largest absolute Gasteiger partial charge is 0.423 e. The minimum Gasteiger partial charge on any atom is -0.423 e. The summed E-state index contributed by atoms with van der Waals surface area (Å²) in [6.45, 7) is 10.6. The van der Waals surface area contributed by atoms with Gasteiger partial charge in [-0.05, 0) is 24.6 Å². The molecule has 0 radical (unpaired) electrons. The Morgan fingerprint density at radius 3 is 2.80 bits per heavy atom. The highest BCUT2D eigenvalue weighted by molar-refractivity contribution is 8.22. The van der Waals surface area contributed by atoms with Gasteiger partial charge < -0.3 is 9.32 Å². The van der Waals surface area contributed by atoms with E-state index in [9.17, 15) is 4.79 Å². The van der Waals surface area contributed by atoms with Gasteiger partial charge in [0.25, 0.3) is 0 Å². The molecule has 1 aromatic carbocycles. The molecule has 0 amide bonds. The smallest absolute Gasteiger partial charge is 0.336 e. The molecular formula is C19H22N2O2S2. The molecule has 132 valence electrons. The van der Waals surface area contributed by atoms with Gasteiger partial charge in [0.2, 0.25) is 0 Å². The number of hydrogen-bond acceptors (Lipinski definition) is 5. The predicted octanol–water partition coefficient (Wildman–Crippen LogP) is 3.42. The van der Waals surface area contributed by atoms with Crippen molar-refractivity contribution in [2.24, 2.45) is 0 Å². The molecule has 0 unspecified atom stereocenters. The molecule has 1 aliphatic heterocycles. The fourth-order valence-electron chi connectivity index (χ4n) is 2.99. The average molecular weight is 375 g/mol. The summed E-state index contributed by atoms with van der Waals surface area (Å²) in [5, 5.41) is 0.991. The maximum Gasteiger partial charge on any atom is 0.336 e. The first-order valence-corrected chi connectivity index (χ1v) is 9.74. The molecule has 1 aromatic heterocycles. The van der Waals surface area contributed by atoms with Crippen LogP contribution in [-0.2, 0) is 5.75 Å². The molecule has 0 N–H and O–H groups in total. The van der Waals surface area contributed by atoms with E-state index < -0.39 is 0 Å². The third-order valence-electron chi connectivity index (χ3n) is 4.35. The third kappa shape index (κ3) is 4.51. The molecule has 0 bridgehead atoms. The van der Waals surface area contributed by atoms with E-state index in [1.165, 1.54) is 0 Å². The van der Waals surface area contributed by atoms with Crippen LogP contribution in [0.1, 0.15) is 11.1 Å². The Morgan fingerprint density at radius 1 is 1.32 bits per heavy atom. The number of fused-ring (bicyclic) bond motifs is 1. The lowest BCUT2D eigenvalue weighted by molar-refractivity contribution is 0.202. The Bertz CT molecular complexity index is 839. The van der Waals surface area contributed by atoms with Crippen molar-refractivity contribution in [3.63, 3.8) is 0 Å². The van der Waals surface area contributed by atoms with Crippen LogP contribution >= 0.6 is 24.0 Å². The second-order valence-electron chi connectivity index (χ2n) is 6.22. The van der Waals surface area contributed by atoms with Crippen molar-refractivity contribution in [3.8, 4) is 0 Å². The van der Waals surface area contributed by atoms with Gasteiger partial charge in [-0.3, -0.25) is 4.90 Å². The van der Waals surface area contributed by atoms with E-state index >= 15 is 0 Å². The molecule has 2 aromatic rings. The summed E-state index contributed by atoms with van der Waals surface area (Å²) in [7, 11) is 0. The van der Waals surface area contributed by atoms with Crippen LogP contribution in [0.3, 0.4) is 0 Å². The third-order valence-corrected chi connectivity index (χ3v) is 5.92. The van der Waals surface area contributed by atoms with Crippen molar-refractivity contribution in [2.75, 3.05) is 32.7 Å². The van der Waals surface area contributed by atoms with Crippen molar-refractivity contribution in [1.82, 2.24) is 9.80 Å². The molecule has 0 atom stereocenters. The molecule has 25 heavy (non-hydrogen) atoms. The van der Waals surface area contributed by atoms with Gasteiger partial charge in [-0.1, -0.05) is 41.7 Å². The Hall–Kier alpha value is -1.63. The normalized spacial score (nSPS) is 15.5. The summed E-state index contributed by atoms with van der Waals surface area (Å²) in [5.41, 5.74) is 2.45. The number of nitrogens with zero attached hydrogens (tertiary/aromatic N) is 2. The highest BCUT2D eigenvalue weighted by atomic mass is 32.2. The molecular weight excluding hydrogens is 352 g/mol. The number of aryl methyl sites for hydroxylation is 1. The van der Waals surface area contributed by atoms with E-state index in [1.807, 2.05) is 25.1 Å². The lowest BCUT2D eigenvalue weighted by atomic mass is 10.1. The zero-order chi connectivity index (χ0) is 17.8. The topological polar surface area (TPSA) is 36.7 Å². The van der Waals surface area contributed by atoms with Crippen molar-refractivity contribution >= 4 is 39.3 Å². The first kappa shape index (κ1) is 18.2. The summed E-state index contributed by atoms with van der Waals surface area (Å²) in [6.07, 6.45) is 1.94. The van der Waals surface area contributed by atoms with Crippen LogP contribution in [0.25, 0.3) is 11.0 Å². The Labute approximate surface area is 157 Å². The first-order valence-electron chi connectivity index (χ1n) is 8.35. The molecule has 2 heterocycles. The van der Waals surface area contributed by atoms with Crippen LogP contribution in [0.2, 0.25) is 0 Å². The summed E-state index contributed by atoms with van der Waals surface area (Å²) in [5.74, 6) is 0.678.